The monoisotopic (exact) mass is 319 g/mol. The molecule has 0 bridgehead atoms. The van der Waals surface area contributed by atoms with E-state index in [0.717, 1.165) is 0 Å². The van der Waals surface area contributed by atoms with Crippen molar-refractivity contribution in [3.05, 3.63) is 53.6 Å². The van der Waals surface area contributed by atoms with Gasteiger partial charge in [-0.25, -0.2) is 0 Å². The molecule has 5 heteroatoms. The number of halogens is 1. The molecule has 0 saturated carbocycles. The van der Waals surface area contributed by atoms with Crippen molar-refractivity contribution in [3.63, 3.8) is 0 Å². The molecule has 0 aliphatic rings. The van der Waals surface area contributed by atoms with Crippen LogP contribution in [0.1, 0.15) is 13.3 Å². The fraction of sp³-hybridized carbons (Fsp3) is 0.235. The predicted octanol–water partition coefficient (Wildman–Crippen LogP) is 4.14. The molecule has 1 N–H and O–H groups in total. The highest BCUT2D eigenvalue weighted by molar-refractivity contribution is 6.30. The Morgan fingerprint density at radius 3 is 2.59 bits per heavy atom. The predicted molar refractivity (Wildman–Crippen MR) is 87.8 cm³/mol. The van der Waals surface area contributed by atoms with Crippen molar-refractivity contribution in [2.45, 2.75) is 19.4 Å². The van der Waals surface area contributed by atoms with Crippen molar-refractivity contribution in [1.29, 1.82) is 0 Å². The molecule has 0 radical (unpaired) electrons. The van der Waals surface area contributed by atoms with Gasteiger partial charge in [-0.1, -0.05) is 30.7 Å². The van der Waals surface area contributed by atoms with E-state index in [0.29, 0.717) is 28.6 Å². The van der Waals surface area contributed by atoms with Gasteiger partial charge in [0.25, 0.3) is 5.91 Å². The number of hydrogen-bond donors (Lipinski definition) is 1. The zero-order chi connectivity index (χ0) is 15.9. The second kappa shape index (κ2) is 7.71. The minimum atomic E-state index is -0.593. The van der Waals surface area contributed by atoms with E-state index in [9.17, 15) is 4.79 Å². The Hall–Kier alpha value is -2.20. The third-order valence-electron chi connectivity index (χ3n) is 3.07. The molecule has 1 atom stereocenters. The molecule has 0 heterocycles. The Balaban J connectivity index is 2.05. The molecule has 0 aliphatic heterocycles. The van der Waals surface area contributed by atoms with Gasteiger partial charge in [-0.05, 0) is 36.8 Å². The summed E-state index contributed by atoms with van der Waals surface area (Å²) in [6, 6.07) is 14.2. The first-order chi connectivity index (χ1) is 10.6. The number of hydrogen-bond acceptors (Lipinski definition) is 3. The van der Waals surface area contributed by atoms with E-state index >= 15 is 0 Å². The number of anilines is 1. The lowest BCUT2D eigenvalue weighted by Gasteiger charge is -2.17. The Morgan fingerprint density at radius 2 is 1.91 bits per heavy atom. The molecule has 0 fully saturated rings. The molecule has 0 aliphatic carbocycles. The molecular formula is C17H18ClNO3. The van der Waals surface area contributed by atoms with Crippen LogP contribution in [0.2, 0.25) is 5.02 Å². The molecule has 0 saturated heterocycles. The van der Waals surface area contributed by atoms with Crippen LogP contribution in [0.5, 0.6) is 11.5 Å². The standard InChI is InChI=1S/C17H18ClNO3/c1-3-16(22-15-9-4-6-12(18)10-15)17(20)19-13-7-5-8-14(11-13)21-2/h4-11,16H,3H2,1-2H3,(H,19,20)/t16-/m0/s1. The van der Waals surface area contributed by atoms with Gasteiger partial charge in [0.1, 0.15) is 11.5 Å². The molecule has 22 heavy (non-hydrogen) atoms. The molecule has 2 rings (SSSR count). The quantitative estimate of drug-likeness (QED) is 0.870. The van der Waals surface area contributed by atoms with Crippen molar-refractivity contribution in [3.8, 4) is 11.5 Å². The lowest BCUT2D eigenvalue weighted by molar-refractivity contribution is -0.122. The maximum absolute atomic E-state index is 12.3. The second-order valence-corrected chi connectivity index (χ2v) is 5.13. The largest absolute Gasteiger partial charge is 0.497 e. The van der Waals surface area contributed by atoms with Gasteiger partial charge >= 0.3 is 0 Å². The third kappa shape index (κ3) is 4.40. The fourth-order valence-electron chi connectivity index (χ4n) is 1.95. The van der Waals surface area contributed by atoms with E-state index < -0.39 is 6.10 Å². The molecule has 0 spiro atoms. The van der Waals surface area contributed by atoms with Gasteiger partial charge in [0.15, 0.2) is 6.10 Å². The Kier molecular flexibility index (Phi) is 5.67. The van der Waals surface area contributed by atoms with Crippen molar-refractivity contribution in [1.82, 2.24) is 0 Å². The molecular weight excluding hydrogens is 302 g/mol. The topological polar surface area (TPSA) is 47.6 Å². The van der Waals surface area contributed by atoms with Crippen LogP contribution >= 0.6 is 11.6 Å². The van der Waals surface area contributed by atoms with Crippen molar-refractivity contribution in [2.24, 2.45) is 0 Å². The smallest absolute Gasteiger partial charge is 0.265 e. The highest BCUT2D eigenvalue weighted by Gasteiger charge is 2.18. The van der Waals surface area contributed by atoms with Crippen LogP contribution in [0, 0.1) is 0 Å². The van der Waals surface area contributed by atoms with Crippen LogP contribution in [0.3, 0.4) is 0 Å². The minimum Gasteiger partial charge on any atom is -0.497 e. The normalized spacial score (nSPS) is 11.6. The summed E-state index contributed by atoms with van der Waals surface area (Å²) in [5.41, 5.74) is 0.664. The van der Waals surface area contributed by atoms with E-state index in [1.54, 1.807) is 43.5 Å². The van der Waals surface area contributed by atoms with Gasteiger partial charge < -0.3 is 14.8 Å². The number of carbonyl (C=O) groups excluding carboxylic acids is 1. The summed E-state index contributed by atoms with van der Waals surface area (Å²) in [6.45, 7) is 1.89. The summed E-state index contributed by atoms with van der Waals surface area (Å²) in [4.78, 5) is 12.3. The molecule has 4 nitrogen and oxygen atoms in total. The Bertz CT molecular complexity index is 645. The van der Waals surface area contributed by atoms with E-state index in [1.165, 1.54) is 0 Å². The van der Waals surface area contributed by atoms with Gasteiger partial charge in [0.05, 0.1) is 7.11 Å². The first-order valence-corrected chi connectivity index (χ1v) is 7.37. The highest BCUT2D eigenvalue weighted by atomic mass is 35.5. The highest BCUT2D eigenvalue weighted by Crippen LogP contribution is 2.21. The van der Waals surface area contributed by atoms with Gasteiger partial charge in [0, 0.05) is 16.8 Å². The number of methoxy groups -OCH3 is 1. The van der Waals surface area contributed by atoms with Crippen LogP contribution in [0.15, 0.2) is 48.5 Å². The zero-order valence-electron chi connectivity index (χ0n) is 12.5. The molecule has 116 valence electrons. The Labute approximate surface area is 135 Å². The maximum atomic E-state index is 12.3. The average molecular weight is 320 g/mol. The second-order valence-electron chi connectivity index (χ2n) is 4.69. The van der Waals surface area contributed by atoms with Gasteiger partial charge in [-0.3, -0.25) is 4.79 Å². The fourth-order valence-corrected chi connectivity index (χ4v) is 2.13. The summed E-state index contributed by atoms with van der Waals surface area (Å²) in [6.07, 6.45) is -0.0489. The number of amides is 1. The van der Waals surface area contributed by atoms with Crippen LogP contribution in [0.25, 0.3) is 0 Å². The third-order valence-corrected chi connectivity index (χ3v) is 3.31. The van der Waals surface area contributed by atoms with E-state index in [4.69, 9.17) is 21.1 Å². The molecule has 0 unspecified atom stereocenters. The van der Waals surface area contributed by atoms with Crippen LogP contribution in [-0.2, 0) is 4.79 Å². The molecule has 2 aromatic rings. The SMILES string of the molecule is CC[C@H](Oc1cccc(Cl)c1)C(=O)Nc1cccc(OC)c1. The maximum Gasteiger partial charge on any atom is 0.265 e. The van der Waals surface area contributed by atoms with Crippen LogP contribution in [-0.4, -0.2) is 19.1 Å². The van der Waals surface area contributed by atoms with Crippen molar-refractivity contribution in [2.75, 3.05) is 12.4 Å². The van der Waals surface area contributed by atoms with Crippen molar-refractivity contribution < 1.29 is 14.3 Å². The van der Waals surface area contributed by atoms with E-state index in [-0.39, 0.29) is 5.91 Å². The summed E-state index contributed by atoms with van der Waals surface area (Å²) in [5.74, 6) is 1.04. The number of carbonyl (C=O) groups is 1. The van der Waals surface area contributed by atoms with E-state index in [2.05, 4.69) is 5.32 Å². The summed E-state index contributed by atoms with van der Waals surface area (Å²) < 4.78 is 10.8. The first kappa shape index (κ1) is 16.2. The van der Waals surface area contributed by atoms with Crippen LogP contribution in [0.4, 0.5) is 5.69 Å². The van der Waals surface area contributed by atoms with Gasteiger partial charge in [0.2, 0.25) is 0 Å². The summed E-state index contributed by atoms with van der Waals surface area (Å²) in [7, 11) is 1.58. The first-order valence-electron chi connectivity index (χ1n) is 6.99. The zero-order valence-corrected chi connectivity index (χ0v) is 13.3. The lowest BCUT2D eigenvalue weighted by atomic mass is 10.2. The summed E-state index contributed by atoms with van der Waals surface area (Å²) in [5, 5.41) is 3.40. The van der Waals surface area contributed by atoms with Gasteiger partial charge in [-0.15, -0.1) is 0 Å². The Morgan fingerprint density at radius 1 is 1.18 bits per heavy atom. The van der Waals surface area contributed by atoms with Crippen molar-refractivity contribution >= 4 is 23.2 Å². The van der Waals surface area contributed by atoms with Gasteiger partial charge in [-0.2, -0.15) is 0 Å². The number of nitrogens with one attached hydrogen (secondary N) is 1. The number of benzene rings is 2. The lowest BCUT2D eigenvalue weighted by Crippen LogP contribution is -2.32. The van der Waals surface area contributed by atoms with Crippen LogP contribution < -0.4 is 14.8 Å². The number of ether oxygens (including phenoxy) is 2. The molecule has 1 amide bonds. The molecule has 2 aromatic carbocycles. The average Bonchev–Trinajstić information content (AvgIpc) is 2.52. The molecule has 0 aromatic heterocycles. The summed E-state index contributed by atoms with van der Waals surface area (Å²) >= 11 is 5.92. The minimum absolute atomic E-state index is 0.212. The number of rotatable bonds is 6. The van der Waals surface area contributed by atoms with E-state index in [1.807, 2.05) is 19.1 Å².